The normalized spacial score (nSPS) is 10.4. The molecule has 1 aromatic heterocycles. The predicted molar refractivity (Wildman–Crippen MR) is 133 cm³/mol. The average molecular weight is 470 g/mol. The molecule has 0 radical (unpaired) electrons. The number of nitrogens with one attached hydrogen (secondary N) is 3. The molecule has 0 spiro atoms. The summed E-state index contributed by atoms with van der Waals surface area (Å²) in [4.78, 5) is 0. The first-order chi connectivity index (χ1) is 14.5. The zero-order valence-corrected chi connectivity index (χ0v) is 18.3. The van der Waals surface area contributed by atoms with E-state index in [-0.39, 0.29) is 36.5 Å². The topological polar surface area (TPSA) is 150 Å². The second kappa shape index (κ2) is 10.4. The number of hydrogen-bond acceptors (Lipinski definition) is 5. The number of nitrogens with two attached hydrogens (primary N) is 2. The highest BCUT2D eigenvalue weighted by molar-refractivity contribution is 5.99. The number of nitrogen functional groups attached to an aromatic ring is 2. The minimum absolute atomic E-state index is 0. The van der Waals surface area contributed by atoms with Crippen LogP contribution in [0.5, 0.6) is 0 Å². The molecule has 4 rings (SSSR count). The lowest BCUT2D eigenvalue weighted by Crippen LogP contribution is -2.10. The van der Waals surface area contributed by atoms with E-state index in [1.54, 1.807) is 30.3 Å². The second-order valence-corrected chi connectivity index (χ2v) is 6.63. The van der Waals surface area contributed by atoms with Crippen molar-refractivity contribution in [3.8, 4) is 11.3 Å². The SMILES string of the molecule is Cl.Cl.N=C(N)c1ccc(NN=Nc2ccc(-c3cc4cc(C(=N)N)ccc4o3)cc2)cc1. The maximum Gasteiger partial charge on any atom is 0.135 e. The molecule has 32 heavy (non-hydrogen) atoms. The first-order valence-electron chi connectivity index (χ1n) is 9.09. The number of anilines is 1. The molecule has 0 aliphatic heterocycles. The average Bonchev–Trinajstić information content (AvgIpc) is 3.18. The fraction of sp³-hybridized carbons (Fsp3) is 0. The standard InChI is InChI=1S/C22H19N7O.2ClH/c23-21(24)14-3-8-18(9-4-14)28-29-27-17-6-1-13(2-7-17)20-12-16-11-15(22(25)26)5-10-19(16)30-20;;/h1-12H,(H3,23,24)(H3,25,26)(H,27,28);2*1H. The number of amidine groups is 2. The monoisotopic (exact) mass is 469 g/mol. The van der Waals surface area contributed by atoms with Crippen molar-refractivity contribution < 1.29 is 4.42 Å². The van der Waals surface area contributed by atoms with Crippen LogP contribution in [0.15, 0.2) is 87.6 Å². The van der Waals surface area contributed by atoms with Crippen LogP contribution in [0.4, 0.5) is 11.4 Å². The van der Waals surface area contributed by atoms with E-state index in [0.717, 1.165) is 28.0 Å². The molecule has 3 aromatic carbocycles. The first-order valence-corrected chi connectivity index (χ1v) is 9.09. The van der Waals surface area contributed by atoms with Gasteiger partial charge in [-0.15, -0.1) is 29.9 Å². The zero-order chi connectivity index (χ0) is 21.1. The van der Waals surface area contributed by atoms with Crippen molar-refractivity contribution >= 4 is 58.8 Å². The predicted octanol–water partition coefficient (Wildman–Crippen LogP) is 5.62. The Morgan fingerprint density at radius 1 is 0.781 bits per heavy atom. The van der Waals surface area contributed by atoms with Crippen molar-refractivity contribution in [3.63, 3.8) is 0 Å². The molecule has 0 saturated heterocycles. The Morgan fingerprint density at radius 2 is 1.41 bits per heavy atom. The lowest BCUT2D eigenvalue weighted by Gasteiger charge is -2.01. The minimum Gasteiger partial charge on any atom is -0.456 e. The van der Waals surface area contributed by atoms with Gasteiger partial charge >= 0.3 is 0 Å². The Hall–Kier alpha value is -3.88. The van der Waals surface area contributed by atoms with Gasteiger partial charge in [-0.25, -0.2) is 0 Å². The van der Waals surface area contributed by atoms with Gasteiger partial charge in [0.2, 0.25) is 0 Å². The molecule has 0 bridgehead atoms. The molecule has 1 heterocycles. The van der Waals surface area contributed by atoms with E-state index in [1.165, 1.54) is 0 Å². The summed E-state index contributed by atoms with van der Waals surface area (Å²) in [7, 11) is 0. The van der Waals surface area contributed by atoms with Crippen molar-refractivity contribution in [2.45, 2.75) is 0 Å². The van der Waals surface area contributed by atoms with Gasteiger partial charge in [-0.3, -0.25) is 16.2 Å². The third kappa shape index (κ3) is 5.42. The zero-order valence-electron chi connectivity index (χ0n) is 16.7. The molecule has 7 N–H and O–H groups in total. The molecule has 0 fully saturated rings. The Labute approximate surface area is 196 Å². The summed E-state index contributed by atoms with van der Waals surface area (Å²) in [5.74, 6) is 0.766. The van der Waals surface area contributed by atoms with Crippen molar-refractivity contribution in [1.82, 2.24) is 0 Å². The summed E-state index contributed by atoms with van der Waals surface area (Å²) < 4.78 is 5.89. The van der Waals surface area contributed by atoms with E-state index < -0.39 is 0 Å². The molecule has 0 atom stereocenters. The van der Waals surface area contributed by atoms with Crippen LogP contribution in [0, 0.1) is 10.8 Å². The van der Waals surface area contributed by atoms with Gasteiger partial charge in [-0.2, -0.15) is 0 Å². The largest absolute Gasteiger partial charge is 0.456 e. The van der Waals surface area contributed by atoms with Gasteiger partial charge in [0.05, 0.1) is 11.4 Å². The first kappa shape index (κ1) is 24.4. The molecule has 0 unspecified atom stereocenters. The number of hydrogen-bond donors (Lipinski definition) is 5. The quantitative estimate of drug-likeness (QED) is 0.108. The van der Waals surface area contributed by atoms with Gasteiger partial charge < -0.3 is 15.9 Å². The number of halogens is 2. The third-order valence-corrected chi connectivity index (χ3v) is 4.52. The van der Waals surface area contributed by atoms with E-state index >= 15 is 0 Å². The Morgan fingerprint density at radius 3 is 2.03 bits per heavy atom. The highest BCUT2D eigenvalue weighted by atomic mass is 35.5. The molecule has 0 amide bonds. The molecule has 10 heteroatoms. The Bertz CT molecular complexity index is 1270. The van der Waals surface area contributed by atoms with Gasteiger partial charge in [0, 0.05) is 22.1 Å². The minimum atomic E-state index is 0. The van der Waals surface area contributed by atoms with Gasteiger partial charge in [-0.1, -0.05) is 5.22 Å². The number of nitrogens with zero attached hydrogens (tertiary/aromatic N) is 2. The van der Waals surface area contributed by atoms with E-state index in [1.807, 2.05) is 42.5 Å². The van der Waals surface area contributed by atoms with E-state index in [4.69, 9.17) is 26.7 Å². The van der Waals surface area contributed by atoms with Crippen LogP contribution in [0.1, 0.15) is 11.1 Å². The van der Waals surface area contributed by atoms with Gasteiger partial charge in [0.15, 0.2) is 0 Å². The molecule has 8 nitrogen and oxygen atoms in total. The summed E-state index contributed by atoms with van der Waals surface area (Å²) in [6.07, 6.45) is 0. The molecule has 164 valence electrons. The van der Waals surface area contributed by atoms with Crippen LogP contribution in [0.3, 0.4) is 0 Å². The highest BCUT2D eigenvalue weighted by Gasteiger charge is 2.08. The maximum absolute atomic E-state index is 7.55. The van der Waals surface area contributed by atoms with Gasteiger partial charge in [-0.05, 0) is 72.8 Å². The van der Waals surface area contributed by atoms with Crippen LogP contribution < -0.4 is 16.9 Å². The molecular weight excluding hydrogens is 449 g/mol. The van der Waals surface area contributed by atoms with Crippen LogP contribution in [0.2, 0.25) is 0 Å². The smallest absolute Gasteiger partial charge is 0.135 e. The van der Waals surface area contributed by atoms with E-state index in [0.29, 0.717) is 16.8 Å². The van der Waals surface area contributed by atoms with Crippen LogP contribution in [0.25, 0.3) is 22.3 Å². The summed E-state index contributed by atoms with van der Waals surface area (Å²) in [6, 6.07) is 21.8. The molecule has 0 saturated carbocycles. The van der Waals surface area contributed by atoms with Gasteiger partial charge in [0.1, 0.15) is 23.0 Å². The third-order valence-electron chi connectivity index (χ3n) is 4.52. The molecule has 4 aromatic rings. The summed E-state index contributed by atoms with van der Waals surface area (Å²) in [6.45, 7) is 0. The lowest BCUT2D eigenvalue weighted by atomic mass is 10.1. The van der Waals surface area contributed by atoms with Crippen molar-refractivity contribution in [3.05, 3.63) is 83.9 Å². The number of rotatable bonds is 6. The summed E-state index contributed by atoms with van der Waals surface area (Å²) in [5, 5.41) is 24.0. The number of fused-ring (bicyclic) bond motifs is 1. The number of benzene rings is 3. The fourth-order valence-corrected chi connectivity index (χ4v) is 2.91. The van der Waals surface area contributed by atoms with E-state index in [9.17, 15) is 0 Å². The van der Waals surface area contributed by atoms with Crippen LogP contribution in [-0.4, -0.2) is 11.7 Å². The summed E-state index contributed by atoms with van der Waals surface area (Å²) in [5.41, 5.74) is 18.2. The molecule has 0 aliphatic rings. The van der Waals surface area contributed by atoms with E-state index in [2.05, 4.69) is 15.8 Å². The maximum atomic E-state index is 7.55. The van der Waals surface area contributed by atoms with Gasteiger partial charge in [0.25, 0.3) is 0 Å². The van der Waals surface area contributed by atoms with Crippen molar-refractivity contribution in [1.29, 1.82) is 10.8 Å². The Kier molecular flexibility index (Phi) is 7.95. The van der Waals surface area contributed by atoms with Crippen LogP contribution in [-0.2, 0) is 0 Å². The van der Waals surface area contributed by atoms with Crippen molar-refractivity contribution in [2.24, 2.45) is 21.8 Å². The highest BCUT2D eigenvalue weighted by Crippen LogP contribution is 2.29. The molecule has 0 aliphatic carbocycles. The van der Waals surface area contributed by atoms with Crippen molar-refractivity contribution in [2.75, 3.05) is 5.43 Å². The van der Waals surface area contributed by atoms with Crippen LogP contribution >= 0.6 is 24.8 Å². The molecular formula is C22H21Cl2N7O. The Balaban J connectivity index is 0.00000181. The number of furan rings is 1. The summed E-state index contributed by atoms with van der Waals surface area (Å²) >= 11 is 0. The lowest BCUT2D eigenvalue weighted by molar-refractivity contribution is 0.631. The fourth-order valence-electron chi connectivity index (χ4n) is 2.91. The second-order valence-electron chi connectivity index (χ2n) is 6.63.